The van der Waals surface area contributed by atoms with Gasteiger partial charge in [0.05, 0.1) is 24.1 Å². The molecule has 0 aliphatic heterocycles. The molecule has 2 heterocycles. The second kappa shape index (κ2) is 7.19. The molecular weight excluding hydrogens is 324 g/mol. The summed E-state index contributed by atoms with van der Waals surface area (Å²) >= 11 is 0. The SMILES string of the molecule is CC/C(=C\c1ccc2[nH]ncc2c1)c1cccc(Oc2cncnc2)c1. The highest BCUT2D eigenvalue weighted by molar-refractivity contribution is 5.86. The summed E-state index contributed by atoms with van der Waals surface area (Å²) in [5, 5.41) is 8.16. The Bertz CT molecular complexity index is 1050. The highest BCUT2D eigenvalue weighted by Crippen LogP contribution is 2.28. The van der Waals surface area contributed by atoms with Crippen LogP contribution in [0.1, 0.15) is 24.5 Å². The fourth-order valence-corrected chi connectivity index (χ4v) is 2.88. The van der Waals surface area contributed by atoms with Gasteiger partial charge < -0.3 is 4.74 Å². The smallest absolute Gasteiger partial charge is 0.163 e. The van der Waals surface area contributed by atoms with Crippen molar-refractivity contribution in [3.63, 3.8) is 0 Å². The van der Waals surface area contributed by atoms with Crippen molar-refractivity contribution in [2.75, 3.05) is 0 Å². The summed E-state index contributed by atoms with van der Waals surface area (Å²) < 4.78 is 5.85. The summed E-state index contributed by atoms with van der Waals surface area (Å²) in [6, 6.07) is 14.3. The number of aromatic amines is 1. The van der Waals surface area contributed by atoms with Crippen LogP contribution in [0.25, 0.3) is 22.6 Å². The zero-order chi connectivity index (χ0) is 17.8. The molecule has 0 amide bonds. The predicted molar refractivity (Wildman–Crippen MR) is 103 cm³/mol. The Morgan fingerprint density at radius 2 is 1.92 bits per heavy atom. The number of allylic oxidation sites excluding steroid dienone is 1. The van der Waals surface area contributed by atoms with Gasteiger partial charge in [-0.1, -0.05) is 31.2 Å². The number of benzene rings is 2. The molecule has 0 aliphatic rings. The van der Waals surface area contributed by atoms with E-state index in [0.717, 1.165) is 34.2 Å². The van der Waals surface area contributed by atoms with Gasteiger partial charge in [-0.3, -0.25) is 5.10 Å². The minimum absolute atomic E-state index is 0.622. The van der Waals surface area contributed by atoms with Crippen molar-refractivity contribution in [3.05, 3.63) is 78.5 Å². The van der Waals surface area contributed by atoms with Gasteiger partial charge in [0, 0.05) is 5.39 Å². The van der Waals surface area contributed by atoms with E-state index in [4.69, 9.17) is 4.74 Å². The van der Waals surface area contributed by atoms with E-state index in [2.05, 4.69) is 57.4 Å². The first-order valence-electron chi connectivity index (χ1n) is 8.49. The summed E-state index contributed by atoms with van der Waals surface area (Å²) in [5.74, 6) is 1.39. The molecule has 0 radical (unpaired) electrons. The Morgan fingerprint density at radius 1 is 1.04 bits per heavy atom. The average molecular weight is 342 g/mol. The monoisotopic (exact) mass is 342 g/mol. The summed E-state index contributed by atoms with van der Waals surface area (Å²) in [4.78, 5) is 7.95. The molecule has 0 bridgehead atoms. The maximum Gasteiger partial charge on any atom is 0.163 e. The first-order valence-corrected chi connectivity index (χ1v) is 8.49. The number of H-pyrrole nitrogens is 1. The molecule has 4 aromatic rings. The number of nitrogens with zero attached hydrogens (tertiary/aromatic N) is 3. The Balaban J connectivity index is 1.64. The van der Waals surface area contributed by atoms with Gasteiger partial charge in [-0.15, -0.1) is 0 Å². The molecule has 0 saturated heterocycles. The van der Waals surface area contributed by atoms with E-state index < -0.39 is 0 Å². The molecule has 0 fully saturated rings. The Hall–Kier alpha value is -3.47. The number of fused-ring (bicyclic) bond motifs is 1. The van der Waals surface area contributed by atoms with Gasteiger partial charge in [0.2, 0.25) is 0 Å². The molecule has 128 valence electrons. The highest BCUT2D eigenvalue weighted by Gasteiger charge is 2.04. The third-order valence-electron chi connectivity index (χ3n) is 4.16. The number of hydrogen-bond acceptors (Lipinski definition) is 4. The topological polar surface area (TPSA) is 63.7 Å². The molecular formula is C21H18N4O. The van der Waals surface area contributed by atoms with Crippen molar-refractivity contribution in [3.8, 4) is 11.5 Å². The molecule has 26 heavy (non-hydrogen) atoms. The van der Waals surface area contributed by atoms with E-state index >= 15 is 0 Å². The van der Waals surface area contributed by atoms with Crippen LogP contribution in [0.3, 0.4) is 0 Å². The summed E-state index contributed by atoms with van der Waals surface area (Å²) in [5.41, 5.74) is 4.57. The van der Waals surface area contributed by atoms with Crippen molar-refractivity contribution in [2.45, 2.75) is 13.3 Å². The first-order chi connectivity index (χ1) is 12.8. The molecule has 1 N–H and O–H groups in total. The molecule has 5 nitrogen and oxygen atoms in total. The minimum atomic E-state index is 0.622. The van der Waals surface area contributed by atoms with Crippen molar-refractivity contribution >= 4 is 22.6 Å². The van der Waals surface area contributed by atoms with Gasteiger partial charge in [-0.2, -0.15) is 5.10 Å². The van der Waals surface area contributed by atoms with E-state index in [1.54, 1.807) is 12.4 Å². The van der Waals surface area contributed by atoms with Crippen LogP contribution in [0.2, 0.25) is 0 Å². The lowest BCUT2D eigenvalue weighted by Gasteiger charge is -2.09. The summed E-state index contributed by atoms with van der Waals surface area (Å²) in [7, 11) is 0. The molecule has 0 spiro atoms. The van der Waals surface area contributed by atoms with Gasteiger partial charge >= 0.3 is 0 Å². The maximum atomic E-state index is 5.85. The zero-order valence-corrected chi connectivity index (χ0v) is 14.4. The van der Waals surface area contributed by atoms with E-state index in [9.17, 15) is 0 Å². The van der Waals surface area contributed by atoms with Gasteiger partial charge in [-0.25, -0.2) is 9.97 Å². The summed E-state index contributed by atoms with van der Waals surface area (Å²) in [6.07, 6.45) is 9.75. The lowest BCUT2D eigenvalue weighted by Crippen LogP contribution is -1.89. The molecule has 0 atom stereocenters. The molecule has 0 unspecified atom stereocenters. The maximum absolute atomic E-state index is 5.85. The third kappa shape index (κ3) is 3.47. The van der Waals surface area contributed by atoms with Crippen LogP contribution in [-0.4, -0.2) is 20.2 Å². The van der Waals surface area contributed by atoms with Crippen molar-refractivity contribution in [1.29, 1.82) is 0 Å². The molecule has 2 aromatic heterocycles. The molecule has 2 aromatic carbocycles. The van der Waals surface area contributed by atoms with E-state index in [-0.39, 0.29) is 0 Å². The first kappa shape index (κ1) is 16.0. The Labute approximate surface area is 151 Å². The van der Waals surface area contributed by atoms with E-state index in [0.29, 0.717) is 5.75 Å². The second-order valence-electron chi connectivity index (χ2n) is 5.94. The number of aromatic nitrogens is 4. The van der Waals surface area contributed by atoms with Crippen LogP contribution in [0.15, 0.2) is 67.4 Å². The Kier molecular flexibility index (Phi) is 4.43. The number of nitrogens with one attached hydrogen (secondary N) is 1. The lowest BCUT2D eigenvalue weighted by molar-refractivity contribution is 0.477. The zero-order valence-electron chi connectivity index (χ0n) is 14.4. The predicted octanol–water partition coefficient (Wildman–Crippen LogP) is 5.10. The highest BCUT2D eigenvalue weighted by atomic mass is 16.5. The second-order valence-corrected chi connectivity index (χ2v) is 5.94. The van der Waals surface area contributed by atoms with Crippen molar-refractivity contribution in [2.24, 2.45) is 0 Å². The molecule has 4 rings (SSSR count). The van der Waals surface area contributed by atoms with Crippen LogP contribution in [0.5, 0.6) is 11.5 Å². The fraction of sp³-hybridized carbons (Fsp3) is 0.0952. The van der Waals surface area contributed by atoms with Crippen LogP contribution in [0, 0.1) is 0 Å². The largest absolute Gasteiger partial charge is 0.454 e. The normalized spacial score (nSPS) is 11.7. The Morgan fingerprint density at radius 3 is 2.77 bits per heavy atom. The van der Waals surface area contributed by atoms with Gasteiger partial charge in [0.15, 0.2) is 5.75 Å². The summed E-state index contributed by atoms with van der Waals surface area (Å²) in [6.45, 7) is 2.15. The van der Waals surface area contributed by atoms with Crippen LogP contribution in [-0.2, 0) is 0 Å². The van der Waals surface area contributed by atoms with Crippen LogP contribution >= 0.6 is 0 Å². The van der Waals surface area contributed by atoms with Gasteiger partial charge in [0.25, 0.3) is 0 Å². The van der Waals surface area contributed by atoms with Gasteiger partial charge in [-0.05, 0) is 47.4 Å². The molecule has 5 heteroatoms. The minimum Gasteiger partial charge on any atom is -0.454 e. The van der Waals surface area contributed by atoms with Crippen molar-refractivity contribution in [1.82, 2.24) is 20.2 Å². The van der Waals surface area contributed by atoms with Crippen LogP contribution in [0.4, 0.5) is 0 Å². The van der Waals surface area contributed by atoms with E-state index in [1.165, 1.54) is 11.9 Å². The number of hydrogen-bond donors (Lipinski definition) is 1. The quantitative estimate of drug-likeness (QED) is 0.513. The van der Waals surface area contributed by atoms with Gasteiger partial charge in [0.1, 0.15) is 12.1 Å². The molecule has 0 saturated carbocycles. The lowest BCUT2D eigenvalue weighted by atomic mass is 10.00. The number of rotatable bonds is 5. The van der Waals surface area contributed by atoms with Crippen LogP contribution < -0.4 is 4.74 Å². The third-order valence-corrected chi connectivity index (χ3v) is 4.16. The average Bonchev–Trinajstić information content (AvgIpc) is 3.15. The van der Waals surface area contributed by atoms with Crippen molar-refractivity contribution < 1.29 is 4.74 Å². The standard InChI is InChI=1S/C21H18N4O/c1-2-16(8-15-6-7-21-18(9-15)11-24-25-21)17-4-3-5-19(10-17)26-20-12-22-14-23-13-20/h3-14H,2H2,1H3,(H,24,25)/b16-8+. The fourth-order valence-electron chi connectivity index (χ4n) is 2.88. The van der Waals surface area contributed by atoms with E-state index in [1.807, 2.05) is 24.4 Å². The molecule has 0 aliphatic carbocycles. The number of ether oxygens (including phenoxy) is 1.